The zero-order valence-electron chi connectivity index (χ0n) is 24.3. The van der Waals surface area contributed by atoms with Gasteiger partial charge in [0.2, 0.25) is 11.9 Å². The van der Waals surface area contributed by atoms with Gasteiger partial charge in [0.1, 0.15) is 23.3 Å². The Bertz CT molecular complexity index is 1500. The number of aromatic nitrogens is 6. The summed E-state index contributed by atoms with van der Waals surface area (Å²) in [6, 6.07) is 14.1. The Balaban J connectivity index is 1.30. The summed E-state index contributed by atoms with van der Waals surface area (Å²) in [7, 11) is 3.18. The van der Waals surface area contributed by atoms with Crippen molar-refractivity contribution in [3.05, 3.63) is 94.1 Å². The van der Waals surface area contributed by atoms with Crippen LogP contribution in [0.3, 0.4) is 0 Å². The van der Waals surface area contributed by atoms with Crippen molar-refractivity contribution in [1.29, 1.82) is 0 Å². The van der Waals surface area contributed by atoms with Crippen molar-refractivity contribution in [2.24, 2.45) is 10.2 Å². The smallest absolute Gasteiger partial charge is 0.251 e. The van der Waals surface area contributed by atoms with Crippen LogP contribution >= 0.6 is 0 Å². The van der Waals surface area contributed by atoms with Gasteiger partial charge in [0.05, 0.1) is 12.4 Å². The van der Waals surface area contributed by atoms with Crippen LogP contribution in [0, 0.1) is 13.8 Å². The Morgan fingerprint density at radius 2 is 1.02 bits per heavy atom. The Morgan fingerprint density at radius 1 is 0.628 bits per heavy atom. The fraction of sp³-hybridized carbons (Fsp3) is 0.241. The maximum absolute atomic E-state index is 11.7. The van der Waals surface area contributed by atoms with Gasteiger partial charge in [-0.3, -0.25) is 9.59 Å². The van der Waals surface area contributed by atoms with E-state index in [1.54, 1.807) is 88.9 Å². The molecule has 0 aliphatic rings. The minimum absolute atomic E-state index is 0.147. The second-order valence-electron chi connectivity index (χ2n) is 9.24. The lowest BCUT2D eigenvalue weighted by Gasteiger charge is -2.06. The van der Waals surface area contributed by atoms with Crippen LogP contribution in [0.25, 0.3) is 0 Å². The van der Waals surface area contributed by atoms with Gasteiger partial charge in [-0.1, -0.05) is 24.3 Å². The molecule has 4 aromatic rings. The lowest BCUT2D eigenvalue weighted by atomic mass is 10.1. The van der Waals surface area contributed by atoms with Gasteiger partial charge in [-0.15, -0.1) is 0 Å². The fourth-order valence-electron chi connectivity index (χ4n) is 3.86. The molecule has 0 saturated carbocycles. The van der Waals surface area contributed by atoms with Crippen molar-refractivity contribution in [3.8, 4) is 0 Å². The molecule has 14 heteroatoms. The molecule has 0 unspecified atom stereocenters. The second kappa shape index (κ2) is 14.8. The lowest BCUT2D eigenvalue weighted by molar-refractivity contribution is 0.0955. The summed E-state index contributed by atoms with van der Waals surface area (Å²) in [4.78, 5) is 49.7. The summed E-state index contributed by atoms with van der Waals surface area (Å²) in [5.41, 5.74) is 8.46. The number of amides is 2. The highest BCUT2D eigenvalue weighted by Crippen LogP contribution is 2.09. The van der Waals surface area contributed by atoms with Crippen LogP contribution in [0.5, 0.6) is 0 Å². The fourth-order valence-corrected chi connectivity index (χ4v) is 3.86. The van der Waals surface area contributed by atoms with Crippen molar-refractivity contribution in [1.82, 2.24) is 40.5 Å². The largest absolute Gasteiger partial charge is 0.355 e. The molecule has 0 spiro atoms. The first-order valence-electron chi connectivity index (χ1n) is 13.5. The summed E-state index contributed by atoms with van der Waals surface area (Å²) in [5.74, 6) is 2.76. The molecular formula is C29H32N12O2. The molecule has 0 aliphatic heterocycles. The zero-order valence-corrected chi connectivity index (χ0v) is 24.3. The summed E-state index contributed by atoms with van der Waals surface area (Å²) in [6.07, 6.45) is 5.11. The van der Waals surface area contributed by atoms with E-state index in [0.29, 0.717) is 65.6 Å². The highest BCUT2D eigenvalue weighted by atomic mass is 16.2. The molecule has 220 valence electrons. The Kier molecular flexibility index (Phi) is 10.4. The Labute approximate surface area is 248 Å². The van der Waals surface area contributed by atoms with E-state index in [2.05, 4.69) is 61.6 Å². The van der Waals surface area contributed by atoms with E-state index in [9.17, 15) is 9.59 Å². The first-order chi connectivity index (χ1) is 20.8. The third-order valence-electron chi connectivity index (χ3n) is 5.94. The van der Waals surface area contributed by atoms with Gasteiger partial charge in [0, 0.05) is 38.1 Å². The van der Waals surface area contributed by atoms with Gasteiger partial charge in [-0.25, -0.2) is 20.8 Å². The molecule has 0 bridgehead atoms. The highest BCUT2D eigenvalue weighted by molar-refractivity contribution is 5.95. The molecule has 4 N–H and O–H groups in total. The molecule has 2 amide bonds. The number of nitrogens with one attached hydrogen (secondary N) is 4. The molecule has 43 heavy (non-hydrogen) atoms. The number of carbonyl (C=O) groups is 2. The number of benzene rings is 2. The number of anilines is 2. The average molecular weight is 581 g/mol. The minimum atomic E-state index is -0.147. The predicted molar refractivity (Wildman–Crippen MR) is 163 cm³/mol. The van der Waals surface area contributed by atoms with Crippen molar-refractivity contribution in [2.75, 3.05) is 24.9 Å². The predicted octanol–water partition coefficient (Wildman–Crippen LogP) is 2.46. The van der Waals surface area contributed by atoms with Crippen molar-refractivity contribution in [2.45, 2.75) is 33.1 Å². The standard InChI is InChI=1S/C29H32N12O2/c1-18-34-24(38-28(36-18)40-32-16-20-8-12-22(13-9-20)26(42)30-3)6-5-7-25-35-19(2)37-29(39-25)41-33-17-21-10-14-23(15-11-21)27(43)31-4/h8-17H,5-7H2,1-4H3,(H,30,42)(H,31,43)(H,34,36,38,40)(H,35,37,39,41)/b32-16-,33-17-. The van der Waals surface area contributed by atoms with Gasteiger partial charge in [-0.2, -0.15) is 30.1 Å². The molecule has 2 heterocycles. The van der Waals surface area contributed by atoms with Crippen molar-refractivity contribution >= 4 is 36.1 Å². The number of hydrogen-bond donors (Lipinski definition) is 4. The first-order valence-corrected chi connectivity index (χ1v) is 13.5. The lowest BCUT2D eigenvalue weighted by Crippen LogP contribution is -2.17. The van der Waals surface area contributed by atoms with Crippen LogP contribution in [0.4, 0.5) is 11.9 Å². The van der Waals surface area contributed by atoms with Crippen LogP contribution in [-0.2, 0) is 12.8 Å². The van der Waals surface area contributed by atoms with E-state index in [0.717, 1.165) is 11.1 Å². The average Bonchev–Trinajstić information content (AvgIpc) is 3.00. The van der Waals surface area contributed by atoms with E-state index in [1.165, 1.54) is 0 Å². The van der Waals surface area contributed by atoms with E-state index in [4.69, 9.17) is 0 Å². The minimum Gasteiger partial charge on any atom is -0.355 e. The van der Waals surface area contributed by atoms with E-state index < -0.39 is 0 Å². The van der Waals surface area contributed by atoms with Gasteiger partial charge in [0.25, 0.3) is 11.8 Å². The molecule has 2 aromatic carbocycles. The molecule has 14 nitrogen and oxygen atoms in total. The van der Waals surface area contributed by atoms with E-state index >= 15 is 0 Å². The van der Waals surface area contributed by atoms with Gasteiger partial charge in [0.15, 0.2) is 0 Å². The first kappa shape index (κ1) is 30.3. The SMILES string of the molecule is CNC(=O)c1ccc(/C=N\Nc2nc(C)nc(CCCc3nc(C)nc(N/N=C\c4ccc(C(=O)NC)cc4)n3)n2)cc1. The summed E-state index contributed by atoms with van der Waals surface area (Å²) in [5, 5.41) is 13.6. The van der Waals surface area contributed by atoms with Crippen LogP contribution < -0.4 is 21.5 Å². The molecular weight excluding hydrogens is 548 g/mol. The molecule has 4 rings (SSSR count). The van der Waals surface area contributed by atoms with Gasteiger partial charge in [-0.05, 0) is 55.7 Å². The Morgan fingerprint density at radius 3 is 1.40 bits per heavy atom. The summed E-state index contributed by atoms with van der Waals surface area (Å²) >= 11 is 0. The molecule has 2 aromatic heterocycles. The topological polar surface area (TPSA) is 184 Å². The molecule has 0 radical (unpaired) electrons. The number of nitrogens with zero attached hydrogens (tertiary/aromatic N) is 8. The molecule has 0 fully saturated rings. The van der Waals surface area contributed by atoms with Crippen molar-refractivity contribution in [3.63, 3.8) is 0 Å². The van der Waals surface area contributed by atoms with E-state index in [1.807, 2.05) is 0 Å². The van der Waals surface area contributed by atoms with Crippen LogP contribution in [0.1, 0.15) is 61.6 Å². The maximum Gasteiger partial charge on any atom is 0.251 e. The quantitative estimate of drug-likeness (QED) is 0.143. The van der Waals surface area contributed by atoms with Crippen molar-refractivity contribution < 1.29 is 9.59 Å². The number of aryl methyl sites for hydroxylation is 4. The highest BCUT2D eigenvalue weighted by Gasteiger charge is 2.08. The maximum atomic E-state index is 11.7. The third-order valence-corrected chi connectivity index (χ3v) is 5.94. The van der Waals surface area contributed by atoms with Gasteiger partial charge >= 0.3 is 0 Å². The molecule has 0 saturated heterocycles. The molecule has 0 aliphatic carbocycles. The molecule has 0 atom stereocenters. The monoisotopic (exact) mass is 580 g/mol. The third kappa shape index (κ3) is 9.18. The van der Waals surface area contributed by atoms with Crippen LogP contribution in [0.2, 0.25) is 0 Å². The second-order valence-corrected chi connectivity index (χ2v) is 9.24. The Hall–Kier alpha value is -5.66. The summed E-state index contributed by atoms with van der Waals surface area (Å²) < 4.78 is 0. The van der Waals surface area contributed by atoms with Crippen LogP contribution in [-0.4, -0.2) is 68.2 Å². The number of carbonyl (C=O) groups excluding carboxylic acids is 2. The van der Waals surface area contributed by atoms with Gasteiger partial charge < -0.3 is 10.6 Å². The van der Waals surface area contributed by atoms with E-state index in [-0.39, 0.29) is 11.8 Å². The van der Waals surface area contributed by atoms with Crippen LogP contribution in [0.15, 0.2) is 58.7 Å². The normalized spacial score (nSPS) is 11.1. The summed E-state index contributed by atoms with van der Waals surface area (Å²) in [6.45, 7) is 3.59. The number of hydrazone groups is 2. The number of hydrogen-bond acceptors (Lipinski definition) is 12. The zero-order chi connectivity index (χ0) is 30.6. The number of rotatable bonds is 12.